The molecule has 0 spiro atoms. The van der Waals surface area contributed by atoms with Crippen molar-refractivity contribution in [3.8, 4) is 0 Å². The van der Waals surface area contributed by atoms with Gasteiger partial charge in [-0.2, -0.15) is 0 Å². The number of ether oxygens (including phenoxy) is 3. The molecule has 6 heteroatoms. The zero-order valence-electron chi connectivity index (χ0n) is 37.9. The maximum Gasteiger partial charge on any atom is 0.306 e. The molecule has 0 aromatic carbocycles. The van der Waals surface area contributed by atoms with Crippen molar-refractivity contribution in [2.24, 2.45) is 0 Å². The van der Waals surface area contributed by atoms with Gasteiger partial charge in [-0.25, -0.2) is 0 Å². The number of hydrogen-bond donors (Lipinski definition) is 0. The molecule has 0 heterocycles. The van der Waals surface area contributed by atoms with Crippen LogP contribution in [0, 0.1) is 0 Å². The number of esters is 3. The lowest BCUT2D eigenvalue weighted by Gasteiger charge is -2.18. The van der Waals surface area contributed by atoms with E-state index in [0.29, 0.717) is 19.3 Å². The van der Waals surface area contributed by atoms with Crippen LogP contribution in [-0.2, 0) is 28.6 Å². The highest BCUT2D eigenvalue weighted by Gasteiger charge is 2.19. The van der Waals surface area contributed by atoms with Gasteiger partial charge in [-0.15, -0.1) is 0 Å². The number of rotatable bonds is 44. The quantitative estimate of drug-likeness (QED) is 0.0264. The molecule has 0 rings (SSSR count). The molecule has 1 unspecified atom stereocenters. The largest absolute Gasteiger partial charge is 0.462 e. The summed E-state index contributed by atoms with van der Waals surface area (Å²) in [7, 11) is 0. The Bertz CT molecular complexity index is 969. The second kappa shape index (κ2) is 46.3. The summed E-state index contributed by atoms with van der Waals surface area (Å²) in [5.74, 6) is -0.894. The average Bonchev–Trinajstić information content (AvgIpc) is 3.21. The minimum Gasteiger partial charge on any atom is -0.462 e. The van der Waals surface area contributed by atoms with Crippen LogP contribution in [0.5, 0.6) is 0 Å². The molecule has 0 radical (unpaired) electrons. The summed E-state index contributed by atoms with van der Waals surface area (Å²) in [6.45, 7) is 6.54. The fraction of sp³-hybridized carbons (Fsp3) is 0.824. The fourth-order valence-electron chi connectivity index (χ4n) is 6.89. The summed E-state index contributed by atoms with van der Waals surface area (Å²) in [5.41, 5.74) is 0. The molecule has 0 aromatic rings. The highest BCUT2D eigenvalue weighted by Crippen LogP contribution is 2.14. The Morgan fingerprint density at radius 3 is 1.05 bits per heavy atom. The second-order valence-electron chi connectivity index (χ2n) is 16.4. The lowest BCUT2D eigenvalue weighted by molar-refractivity contribution is -0.167. The molecule has 57 heavy (non-hydrogen) atoms. The van der Waals surface area contributed by atoms with Crippen LogP contribution in [0.2, 0.25) is 0 Å². The molecule has 0 bridgehead atoms. The number of carbonyl (C=O) groups is 3. The highest BCUT2D eigenvalue weighted by atomic mass is 16.6. The van der Waals surface area contributed by atoms with Crippen LogP contribution < -0.4 is 0 Å². The van der Waals surface area contributed by atoms with Crippen LogP contribution in [0.4, 0.5) is 0 Å². The summed E-state index contributed by atoms with van der Waals surface area (Å²) < 4.78 is 16.7. The van der Waals surface area contributed by atoms with Crippen LogP contribution in [0.15, 0.2) is 36.5 Å². The molecule has 6 nitrogen and oxygen atoms in total. The molecule has 1 atom stereocenters. The van der Waals surface area contributed by atoms with Crippen LogP contribution in [0.25, 0.3) is 0 Å². The van der Waals surface area contributed by atoms with Crippen LogP contribution >= 0.6 is 0 Å². The molecule has 0 aliphatic rings. The molecule has 0 amide bonds. The predicted molar refractivity (Wildman–Crippen MR) is 242 cm³/mol. The highest BCUT2D eigenvalue weighted by molar-refractivity contribution is 5.71. The summed E-state index contributed by atoms with van der Waals surface area (Å²) in [6, 6.07) is 0. The molecular weight excluding hydrogens is 709 g/mol. The zero-order valence-corrected chi connectivity index (χ0v) is 37.9. The van der Waals surface area contributed by atoms with Gasteiger partial charge in [0, 0.05) is 19.3 Å². The minimum absolute atomic E-state index is 0.0773. The SMILES string of the molecule is CCC/C=C\C/C=C\CCCCCCCC(=O)OC(COC(=O)CCCCCCCCC/C=C\CCCCCCCC)COC(=O)CCCCCCCCCCC. The standard InChI is InChI=1S/C51H92O6/c1-4-7-10-13-16-19-21-23-24-25-26-28-29-32-35-38-41-44-50(53)56-47-48(46-55-49(52)43-40-37-34-31-18-15-12-9-6-3)57-51(54)45-42-39-36-33-30-27-22-20-17-14-11-8-5-2/h11,14,20,22-24,48H,4-10,12-13,15-19,21,25-47H2,1-3H3/b14-11-,22-20-,24-23-. The first kappa shape index (κ1) is 54.6. The first-order valence-electron chi connectivity index (χ1n) is 24.5. The first-order chi connectivity index (χ1) is 28.0. The van der Waals surface area contributed by atoms with Gasteiger partial charge >= 0.3 is 17.9 Å². The van der Waals surface area contributed by atoms with Crippen molar-refractivity contribution < 1.29 is 28.6 Å². The number of hydrogen-bond acceptors (Lipinski definition) is 6. The smallest absolute Gasteiger partial charge is 0.306 e. The fourth-order valence-corrected chi connectivity index (χ4v) is 6.89. The van der Waals surface area contributed by atoms with Gasteiger partial charge in [0.15, 0.2) is 6.10 Å². The maximum atomic E-state index is 12.7. The number of unbranched alkanes of at least 4 members (excludes halogenated alkanes) is 27. The topological polar surface area (TPSA) is 78.9 Å². The van der Waals surface area contributed by atoms with E-state index in [1.54, 1.807) is 0 Å². The van der Waals surface area contributed by atoms with Crippen molar-refractivity contribution in [3.05, 3.63) is 36.5 Å². The van der Waals surface area contributed by atoms with Gasteiger partial charge in [0.1, 0.15) is 13.2 Å². The van der Waals surface area contributed by atoms with Crippen molar-refractivity contribution in [1.82, 2.24) is 0 Å². The Morgan fingerprint density at radius 2 is 0.667 bits per heavy atom. The van der Waals surface area contributed by atoms with Gasteiger partial charge in [-0.1, -0.05) is 198 Å². The van der Waals surface area contributed by atoms with Crippen LogP contribution in [0.1, 0.15) is 252 Å². The third-order valence-electron chi connectivity index (χ3n) is 10.6. The lowest BCUT2D eigenvalue weighted by atomic mass is 10.1. The normalized spacial score (nSPS) is 12.3. The summed E-state index contributed by atoms with van der Waals surface area (Å²) in [4.78, 5) is 37.8. The Balaban J connectivity index is 4.32. The molecule has 0 saturated heterocycles. The van der Waals surface area contributed by atoms with Crippen LogP contribution in [-0.4, -0.2) is 37.2 Å². The van der Waals surface area contributed by atoms with Crippen LogP contribution in [0.3, 0.4) is 0 Å². The van der Waals surface area contributed by atoms with E-state index in [2.05, 4.69) is 57.2 Å². The van der Waals surface area contributed by atoms with E-state index in [4.69, 9.17) is 14.2 Å². The van der Waals surface area contributed by atoms with E-state index < -0.39 is 6.10 Å². The Labute approximate surface area is 353 Å². The number of allylic oxidation sites excluding steroid dienone is 6. The average molecular weight is 801 g/mol. The zero-order chi connectivity index (χ0) is 41.5. The van der Waals surface area contributed by atoms with Crippen molar-refractivity contribution >= 4 is 17.9 Å². The molecular formula is C51H92O6. The third kappa shape index (κ3) is 44.6. The van der Waals surface area contributed by atoms with Crippen molar-refractivity contribution in [3.63, 3.8) is 0 Å². The molecule has 0 aliphatic heterocycles. The van der Waals surface area contributed by atoms with E-state index in [0.717, 1.165) is 89.9 Å². The van der Waals surface area contributed by atoms with Gasteiger partial charge < -0.3 is 14.2 Å². The molecule has 332 valence electrons. The van der Waals surface area contributed by atoms with Crippen molar-refractivity contribution in [2.45, 2.75) is 258 Å². The molecule has 0 fully saturated rings. The summed E-state index contributed by atoms with van der Waals surface area (Å²) in [6.07, 6.45) is 52.7. The molecule has 0 saturated carbocycles. The summed E-state index contributed by atoms with van der Waals surface area (Å²) in [5, 5.41) is 0. The minimum atomic E-state index is -0.775. The number of carbonyl (C=O) groups excluding carboxylic acids is 3. The van der Waals surface area contributed by atoms with Crippen molar-refractivity contribution in [2.75, 3.05) is 13.2 Å². The first-order valence-corrected chi connectivity index (χ1v) is 24.5. The second-order valence-corrected chi connectivity index (χ2v) is 16.4. The van der Waals surface area contributed by atoms with Gasteiger partial charge in [-0.3, -0.25) is 14.4 Å². The lowest BCUT2D eigenvalue weighted by Crippen LogP contribution is -2.30. The van der Waals surface area contributed by atoms with Gasteiger partial charge in [0.05, 0.1) is 0 Å². The molecule has 0 aromatic heterocycles. The summed E-state index contributed by atoms with van der Waals surface area (Å²) >= 11 is 0. The monoisotopic (exact) mass is 801 g/mol. The predicted octanol–water partition coefficient (Wildman–Crippen LogP) is 15.8. The van der Waals surface area contributed by atoms with Crippen molar-refractivity contribution in [1.29, 1.82) is 0 Å². The van der Waals surface area contributed by atoms with E-state index in [-0.39, 0.29) is 31.1 Å². The maximum absolute atomic E-state index is 12.7. The molecule has 0 N–H and O–H groups in total. The third-order valence-corrected chi connectivity index (χ3v) is 10.6. The molecule has 0 aliphatic carbocycles. The van der Waals surface area contributed by atoms with Gasteiger partial charge in [0.25, 0.3) is 0 Å². The Kier molecular flexibility index (Phi) is 44.4. The van der Waals surface area contributed by atoms with E-state index in [1.807, 2.05) is 0 Å². The Morgan fingerprint density at radius 1 is 0.351 bits per heavy atom. The van der Waals surface area contributed by atoms with E-state index in [9.17, 15) is 14.4 Å². The van der Waals surface area contributed by atoms with Gasteiger partial charge in [0.2, 0.25) is 0 Å². The van der Waals surface area contributed by atoms with E-state index >= 15 is 0 Å². The van der Waals surface area contributed by atoms with E-state index in [1.165, 1.54) is 122 Å². The van der Waals surface area contributed by atoms with Gasteiger partial charge in [-0.05, 0) is 70.6 Å². The Hall–Kier alpha value is -2.37.